The van der Waals surface area contributed by atoms with E-state index in [0.29, 0.717) is 40.6 Å². The predicted octanol–water partition coefficient (Wildman–Crippen LogP) is 6.34. The van der Waals surface area contributed by atoms with Crippen molar-refractivity contribution in [3.8, 4) is 17.0 Å². The standard InChI is InChI=1S/C29H28FN3O/c1-19(2)17-29(21-12-8-5-9-13-21)18-31-28(33-29)25-23-16-22(30)14-15-24(23)32-26(27(25)34-3)20-10-6-4-7-11-20/h4-16,19H,17-18H2,1-3H3,(H,31,33). The summed E-state index contributed by atoms with van der Waals surface area (Å²) >= 11 is 0. The number of aromatic nitrogens is 1. The highest BCUT2D eigenvalue weighted by Gasteiger charge is 2.39. The molecule has 1 unspecified atom stereocenters. The van der Waals surface area contributed by atoms with E-state index in [1.807, 2.05) is 36.4 Å². The maximum Gasteiger partial charge on any atom is 0.156 e. The molecule has 1 aromatic heterocycles. The van der Waals surface area contributed by atoms with Crippen LogP contribution in [0.3, 0.4) is 0 Å². The summed E-state index contributed by atoms with van der Waals surface area (Å²) in [6.07, 6.45) is 0.912. The van der Waals surface area contributed by atoms with Gasteiger partial charge in [0.15, 0.2) is 5.75 Å². The van der Waals surface area contributed by atoms with Gasteiger partial charge in [-0.2, -0.15) is 0 Å². The Morgan fingerprint density at radius 2 is 1.71 bits per heavy atom. The maximum absolute atomic E-state index is 14.4. The van der Waals surface area contributed by atoms with Gasteiger partial charge in [-0.05, 0) is 36.1 Å². The van der Waals surface area contributed by atoms with Crippen molar-refractivity contribution in [1.82, 2.24) is 10.3 Å². The maximum atomic E-state index is 14.4. The molecule has 0 radical (unpaired) electrons. The third-order valence-electron chi connectivity index (χ3n) is 6.34. The largest absolute Gasteiger partial charge is 0.494 e. The number of pyridine rings is 1. The number of hydrogen-bond acceptors (Lipinski definition) is 4. The zero-order valence-corrected chi connectivity index (χ0v) is 19.7. The van der Waals surface area contributed by atoms with Crippen LogP contribution >= 0.6 is 0 Å². The second-order valence-electron chi connectivity index (χ2n) is 9.23. The smallest absolute Gasteiger partial charge is 0.156 e. The fourth-order valence-corrected chi connectivity index (χ4v) is 4.96. The minimum Gasteiger partial charge on any atom is -0.494 e. The summed E-state index contributed by atoms with van der Waals surface area (Å²) < 4.78 is 20.4. The van der Waals surface area contributed by atoms with E-state index >= 15 is 0 Å². The number of halogens is 1. The van der Waals surface area contributed by atoms with Gasteiger partial charge in [0.05, 0.1) is 30.3 Å². The summed E-state index contributed by atoms with van der Waals surface area (Å²) in [5.41, 5.74) is 3.93. The van der Waals surface area contributed by atoms with Crippen LogP contribution in [0.25, 0.3) is 22.2 Å². The molecule has 0 saturated carbocycles. The molecule has 1 aliphatic rings. The number of fused-ring (bicyclic) bond motifs is 1. The molecule has 3 aromatic carbocycles. The van der Waals surface area contributed by atoms with E-state index in [-0.39, 0.29) is 11.4 Å². The molecule has 0 aliphatic carbocycles. The van der Waals surface area contributed by atoms with Crippen LogP contribution in [0.15, 0.2) is 83.9 Å². The van der Waals surface area contributed by atoms with Gasteiger partial charge < -0.3 is 10.1 Å². The molecule has 4 nitrogen and oxygen atoms in total. The van der Waals surface area contributed by atoms with Gasteiger partial charge in [-0.25, -0.2) is 9.37 Å². The Kier molecular flexibility index (Phi) is 5.78. The Morgan fingerprint density at radius 1 is 1.00 bits per heavy atom. The number of amidine groups is 1. The van der Waals surface area contributed by atoms with Gasteiger partial charge in [-0.15, -0.1) is 0 Å². The summed E-state index contributed by atoms with van der Waals surface area (Å²) in [6, 6.07) is 25.0. The van der Waals surface area contributed by atoms with Crippen LogP contribution in [0.2, 0.25) is 0 Å². The molecule has 0 fully saturated rings. The molecule has 1 atom stereocenters. The minimum absolute atomic E-state index is 0.319. The van der Waals surface area contributed by atoms with E-state index in [4.69, 9.17) is 14.7 Å². The number of rotatable bonds is 6. The van der Waals surface area contributed by atoms with Crippen LogP contribution in [-0.4, -0.2) is 24.5 Å². The molecule has 1 aliphatic heterocycles. The quantitative estimate of drug-likeness (QED) is 0.370. The summed E-state index contributed by atoms with van der Waals surface area (Å²) in [5.74, 6) is 1.43. The fourth-order valence-electron chi connectivity index (χ4n) is 4.96. The molecule has 0 saturated heterocycles. The summed E-state index contributed by atoms with van der Waals surface area (Å²) in [7, 11) is 1.63. The van der Waals surface area contributed by atoms with Gasteiger partial charge >= 0.3 is 0 Å². The minimum atomic E-state index is -0.342. The molecule has 34 heavy (non-hydrogen) atoms. The van der Waals surface area contributed by atoms with Gasteiger partial charge in [0, 0.05) is 10.9 Å². The molecule has 172 valence electrons. The highest BCUT2D eigenvalue weighted by Crippen LogP contribution is 2.40. The monoisotopic (exact) mass is 453 g/mol. The average Bonchev–Trinajstić information content (AvgIpc) is 3.28. The Bertz CT molecular complexity index is 1350. The van der Waals surface area contributed by atoms with E-state index in [1.54, 1.807) is 13.2 Å². The van der Waals surface area contributed by atoms with Gasteiger partial charge in [0.2, 0.25) is 0 Å². The van der Waals surface area contributed by atoms with Gasteiger partial charge in [0.25, 0.3) is 0 Å². The molecule has 0 bridgehead atoms. The molecule has 0 spiro atoms. The van der Waals surface area contributed by atoms with Crippen molar-refractivity contribution in [2.45, 2.75) is 25.8 Å². The SMILES string of the molecule is COc1c(-c2ccccc2)nc2ccc(F)cc2c1C1=NCC(CC(C)C)(c2ccccc2)N1. The van der Waals surface area contributed by atoms with E-state index in [1.165, 1.54) is 17.7 Å². The zero-order chi connectivity index (χ0) is 23.7. The number of methoxy groups -OCH3 is 1. The molecule has 2 heterocycles. The van der Waals surface area contributed by atoms with Crippen molar-refractivity contribution in [3.63, 3.8) is 0 Å². The first-order valence-corrected chi connectivity index (χ1v) is 11.6. The van der Waals surface area contributed by atoms with Gasteiger partial charge in [0.1, 0.15) is 17.3 Å². The number of benzene rings is 3. The van der Waals surface area contributed by atoms with Crippen LogP contribution in [0.5, 0.6) is 5.75 Å². The first-order chi connectivity index (χ1) is 16.5. The van der Waals surface area contributed by atoms with E-state index in [2.05, 4.69) is 43.4 Å². The molecule has 1 N–H and O–H groups in total. The molecular weight excluding hydrogens is 425 g/mol. The van der Waals surface area contributed by atoms with Crippen LogP contribution in [0.1, 0.15) is 31.4 Å². The molecule has 5 rings (SSSR count). The first kappa shape index (κ1) is 22.1. The molecular formula is C29H28FN3O. The number of aliphatic imine (C=N–C) groups is 1. The van der Waals surface area contributed by atoms with Crippen molar-refractivity contribution in [1.29, 1.82) is 0 Å². The van der Waals surface area contributed by atoms with E-state index in [0.717, 1.165) is 17.5 Å². The Labute approximate surface area is 199 Å². The first-order valence-electron chi connectivity index (χ1n) is 11.6. The lowest BCUT2D eigenvalue weighted by Gasteiger charge is -2.32. The number of hydrogen-bond donors (Lipinski definition) is 1. The van der Waals surface area contributed by atoms with E-state index < -0.39 is 0 Å². The highest BCUT2D eigenvalue weighted by molar-refractivity contribution is 6.14. The molecule has 5 heteroatoms. The summed E-state index contributed by atoms with van der Waals surface area (Å²) in [4.78, 5) is 9.85. The molecule has 4 aromatic rings. The van der Waals surface area contributed by atoms with E-state index in [9.17, 15) is 4.39 Å². The van der Waals surface area contributed by atoms with Crippen molar-refractivity contribution in [2.24, 2.45) is 10.9 Å². The summed E-state index contributed by atoms with van der Waals surface area (Å²) in [6.45, 7) is 5.03. The van der Waals surface area contributed by atoms with Crippen molar-refractivity contribution in [3.05, 3.63) is 95.8 Å². The number of ether oxygens (including phenoxy) is 1. The van der Waals surface area contributed by atoms with Crippen LogP contribution in [0, 0.1) is 11.7 Å². The third kappa shape index (κ3) is 3.92. The predicted molar refractivity (Wildman–Crippen MR) is 136 cm³/mol. The molecule has 0 amide bonds. The fraction of sp³-hybridized carbons (Fsp3) is 0.241. The van der Waals surface area contributed by atoms with Gasteiger partial charge in [-0.1, -0.05) is 74.5 Å². The van der Waals surface area contributed by atoms with Crippen molar-refractivity contribution < 1.29 is 9.13 Å². The topological polar surface area (TPSA) is 46.5 Å². The highest BCUT2D eigenvalue weighted by atomic mass is 19.1. The zero-order valence-electron chi connectivity index (χ0n) is 19.7. The lowest BCUT2D eigenvalue weighted by Crippen LogP contribution is -2.44. The van der Waals surface area contributed by atoms with Crippen molar-refractivity contribution >= 4 is 16.7 Å². The third-order valence-corrected chi connectivity index (χ3v) is 6.34. The second kappa shape index (κ2) is 8.90. The Balaban J connectivity index is 1.71. The normalized spacial score (nSPS) is 17.6. The van der Waals surface area contributed by atoms with Crippen LogP contribution in [0.4, 0.5) is 4.39 Å². The Morgan fingerprint density at radius 3 is 2.38 bits per heavy atom. The average molecular weight is 454 g/mol. The van der Waals surface area contributed by atoms with Crippen molar-refractivity contribution in [2.75, 3.05) is 13.7 Å². The lowest BCUT2D eigenvalue weighted by atomic mass is 9.83. The second-order valence-corrected chi connectivity index (χ2v) is 9.23. The number of nitrogens with one attached hydrogen (secondary N) is 1. The van der Waals surface area contributed by atoms with Gasteiger partial charge in [-0.3, -0.25) is 4.99 Å². The van der Waals surface area contributed by atoms with Crippen LogP contribution < -0.4 is 10.1 Å². The van der Waals surface area contributed by atoms with Crippen LogP contribution in [-0.2, 0) is 5.54 Å². The summed E-state index contributed by atoms with van der Waals surface area (Å²) in [5, 5.41) is 4.43. The lowest BCUT2D eigenvalue weighted by molar-refractivity contribution is 0.340. The number of nitrogens with zero attached hydrogens (tertiary/aromatic N) is 2. The Hall–Kier alpha value is -3.73.